The van der Waals surface area contributed by atoms with E-state index < -0.39 is 0 Å². The molecule has 0 bridgehead atoms. The van der Waals surface area contributed by atoms with Gasteiger partial charge in [0, 0.05) is 29.1 Å². The molecule has 4 aromatic rings. The maximum Gasteiger partial charge on any atom is 0.279 e. The topological polar surface area (TPSA) is 68.0 Å². The molecule has 5 nitrogen and oxygen atoms in total. The average molecular weight is 448 g/mol. The number of aliphatic hydroxyl groups excluding tert-OH is 1. The van der Waals surface area contributed by atoms with E-state index in [1.807, 2.05) is 60.7 Å². The van der Waals surface area contributed by atoms with Crippen molar-refractivity contribution in [3.05, 3.63) is 95.3 Å². The third-order valence-corrected chi connectivity index (χ3v) is 6.86. The Balaban J connectivity index is 1.54. The Kier molecular flexibility index (Phi) is 5.19. The molecule has 2 aliphatic rings. The van der Waals surface area contributed by atoms with Crippen LogP contribution < -0.4 is 0 Å². The van der Waals surface area contributed by atoms with Gasteiger partial charge in [0.15, 0.2) is 0 Å². The minimum atomic E-state index is -0.187. The highest BCUT2D eigenvalue weighted by Crippen LogP contribution is 2.40. The largest absolute Gasteiger partial charge is 0.392 e. The van der Waals surface area contributed by atoms with E-state index in [1.54, 1.807) is 10.9 Å². The van der Waals surface area contributed by atoms with Crippen LogP contribution >= 0.6 is 0 Å². The molecule has 0 saturated heterocycles. The van der Waals surface area contributed by atoms with E-state index in [0.29, 0.717) is 12.0 Å². The van der Waals surface area contributed by atoms with Crippen LogP contribution in [0.15, 0.2) is 78.5 Å². The first-order chi connectivity index (χ1) is 16.7. The van der Waals surface area contributed by atoms with Crippen LogP contribution in [0.4, 0.5) is 0 Å². The summed E-state index contributed by atoms with van der Waals surface area (Å²) in [5.74, 6) is -0.187. The molecule has 0 unspecified atom stereocenters. The number of allylic oxidation sites excluding steroid dienone is 3. The van der Waals surface area contributed by atoms with Gasteiger partial charge in [0.05, 0.1) is 23.4 Å². The molecule has 0 fully saturated rings. The van der Waals surface area contributed by atoms with E-state index in [1.165, 1.54) is 12.0 Å². The van der Waals surface area contributed by atoms with Gasteiger partial charge < -0.3 is 5.11 Å². The van der Waals surface area contributed by atoms with Crippen LogP contribution in [0.3, 0.4) is 0 Å². The molecule has 168 valence electrons. The minimum absolute atomic E-state index is 0.170. The van der Waals surface area contributed by atoms with Gasteiger partial charge in [-0.2, -0.15) is 9.78 Å². The minimum Gasteiger partial charge on any atom is -0.392 e. The van der Waals surface area contributed by atoms with E-state index in [9.17, 15) is 9.90 Å². The summed E-state index contributed by atoms with van der Waals surface area (Å²) in [6.45, 7) is -0.170. The van der Waals surface area contributed by atoms with E-state index in [0.717, 1.165) is 63.8 Å². The molecule has 1 aliphatic carbocycles. The average Bonchev–Trinajstić information content (AvgIpc) is 3.29. The molecule has 1 aliphatic heterocycles. The van der Waals surface area contributed by atoms with Crippen molar-refractivity contribution in [3.8, 4) is 11.3 Å². The molecule has 1 N–H and O–H groups in total. The molecule has 5 heteroatoms. The number of aliphatic hydroxyl groups is 1. The van der Waals surface area contributed by atoms with Gasteiger partial charge in [-0.1, -0.05) is 48.5 Å². The van der Waals surface area contributed by atoms with Crippen LogP contribution in [-0.2, 0) is 6.42 Å². The fourth-order valence-electron chi connectivity index (χ4n) is 5.23. The van der Waals surface area contributed by atoms with Crippen LogP contribution in [-0.4, -0.2) is 32.4 Å². The maximum absolute atomic E-state index is 13.9. The Hall–Kier alpha value is -3.83. The van der Waals surface area contributed by atoms with Gasteiger partial charge in [0.1, 0.15) is 5.69 Å². The number of rotatable bonds is 4. The van der Waals surface area contributed by atoms with Crippen LogP contribution in [0.5, 0.6) is 0 Å². The third-order valence-electron chi connectivity index (χ3n) is 6.86. The van der Waals surface area contributed by atoms with Gasteiger partial charge in [-0.25, -0.2) is 0 Å². The Labute approximate surface area is 198 Å². The lowest BCUT2D eigenvalue weighted by atomic mass is 9.86. The fourth-order valence-corrected chi connectivity index (χ4v) is 5.23. The lowest BCUT2D eigenvalue weighted by Gasteiger charge is -2.22. The highest BCUT2D eigenvalue weighted by atomic mass is 16.3. The number of nitrogens with zero attached hydrogens (tertiary/aromatic N) is 3. The molecule has 0 spiro atoms. The molecule has 6 rings (SSSR count). The Morgan fingerprint density at radius 3 is 2.65 bits per heavy atom. The zero-order chi connectivity index (χ0) is 23.1. The zero-order valence-corrected chi connectivity index (χ0v) is 18.9. The predicted octanol–water partition coefficient (Wildman–Crippen LogP) is 5.70. The quantitative estimate of drug-likeness (QED) is 0.436. The summed E-state index contributed by atoms with van der Waals surface area (Å²) < 4.78 is 1.58. The zero-order valence-electron chi connectivity index (χ0n) is 18.9. The molecule has 2 aromatic heterocycles. The number of carbonyl (C=O) groups is 1. The lowest BCUT2D eigenvalue weighted by molar-refractivity contribution is 0.0956. The predicted molar refractivity (Wildman–Crippen MR) is 134 cm³/mol. The second-order valence-electron chi connectivity index (χ2n) is 8.95. The summed E-state index contributed by atoms with van der Waals surface area (Å²) in [5.41, 5.74) is 7.98. The van der Waals surface area contributed by atoms with Crippen molar-refractivity contribution in [1.29, 1.82) is 0 Å². The first kappa shape index (κ1) is 20.8. The summed E-state index contributed by atoms with van der Waals surface area (Å²) in [6, 6.07) is 19.8. The molecule has 34 heavy (non-hydrogen) atoms. The molecule has 0 radical (unpaired) electrons. The number of hydrogen-bond acceptors (Lipinski definition) is 4. The van der Waals surface area contributed by atoms with Gasteiger partial charge in [0.25, 0.3) is 5.91 Å². The number of carbonyl (C=O) groups excluding carboxylic acids is 1. The van der Waals surface area contributed by atoms with Gasteiger partial charge >= 0.3 is 0 Å². The fraction of sp³-hybridized carbons (Fsp3) is 0.207. The Morgan fingerprint density at radius 1 is 0.971 bits per heavy atom. The first-order valence-electron chi connectivity index (χ1n) is 11.8. The van der Waals surface area contributed by atoms with Crippen molar-refractivity contribution in [2.45, 2.75) is 32.1 Å². The van der Waals surface area contributed by atoms with Crippen molar-refractivity contribution >= 4 is 28.0 Å². The monoisotopic (exact) mass is 447 g/mol. The maximum atomic E-state index is 13.9. The summed E-state index contributed by atoms with van der Waals surface area (Å²) in [7, 11) is 0. The van der Waals surface area contributed by atoms with Gasteiger partial charge in [-0.3, -0.25) is 9.78 Å². The van der Waals surface area contributed by atoms with E-state index in [2.05, 4.69) is 11.1 Å². The number of benzene rings is 2. The van der Waals surface area contributed by atoms with Crippen molar-refractivity contribution in [1.82, 2.24) is 14.8 Å². The highest BCUT2D eigenvalue weighted by Gasteiger charge is 2.33. The highest BCUT2D eigenvalue weighted by molar-refractivity contribution is 6.23. The van der Waals surface area contributed by atoms with Crippen molar-refractivity contribution in [3.63, 3.8) is 0 Å². The smallest absolute Gasteiger partial charge is 0.279 e. The summed E-state index contributed by atoms with van der Waals surface area (Å²) >= 11 is 0. The van der Waals surface area contributed by atoms with Gasteiger partial charge in [-0.05, 0) is 60.6 Å². The van der Waals surface area contributed by atoms with Crippen molar-refractivity contribution < 1.29 is 9.90 Å². The molecular weight excluding hydrogens is 422 g/mol. The van der Waals surface area contributed by atoms with Crippen LogP contribution in [0.1, 0.15) is 47.3 Å². The molecule has 0 atom stereocenters. The number of aromatic nitrogens is 3. The van der Waals surface area contributed by atoms with Crippen LogP contribution in [0.25, 0.3) is 33.3 Å². The van der Waals surface area contributed by atoms with Crippen molar-refractivity contribution in [2.75, 3.05) is 6.61 Å². The Bertz CT molecular complexity index is 1480. The summed E-state index contributed by atoms with van der Waals surface area (Å²) in [4.78, 5) is 18.3. The number of hydrogen-bond donors (Lipinski definition) is 1. The van der Waals surface area contributed by atoms with Crippen molar-refractivity contribution in [2.24, 2.45) is 0 Å². The van der Waals surface area contributed by atoms with Gasteiger partial charge in [-0.15, -0.1) is 0 Å². The number of fused-ring (bicyclic) bond motifs is 2. The molecule has 3 heterocycles. The first-order valence-corrected chi connectivity index (χ1v) is 11.8. The van der Waals surface area contributed by atoms with Crippen LogP contribution in [0, 0.1) is 0 Å². The van der Waals surface area contributed by atoms with Gasteiger partial charge in [0.2, 0.25) is 0 Å². The standard InChI is InChI=1S/C29H25N3O2/c33-18-23-17-25-27(19-8-3-1-4-9-19)28(20-10-5-2-6-11-20)31-32(25)29(34)26(23)22-13-14-24-21(16-22)12-7-15-30-24/h2,5-8,10-16,33H,1,3-4,9,17-18H2. The Morgan fingerprint density at radius 2 is 1.85 bits per heavy atom. The van der Waals surface area contributed by atoms with E-state index >= 15 is 0 Å². The third kappa shape index (κ3) is 3.40. The SMILES string of the molecule is O=C1C(c2ccc3ncccc3c2)=C(CO)Cc2c(C3=CCCCC3)c(-c3ccccc3)nn21. The summed E-state index contributed by atoms with van der Waals surface area (Å²) in [6.07, 6.45) is 8.90. The number of pyridine rings is 1. The van der Waals surface area contributed by atoms with E-state index in [4.69, 9.17) is 5.10 Å². The van der Waals surface area contributed by atoms with E-state index in [-0.39, 0.29) is 12.5 Å². The second-order valence-corrected chi connectivity index (χ2v) is 8.95. The normalized spacial score (nSPS) is 16.0. The molecule has 2 aromatic carbocycles. The second kappa shape index (κ2) is 8.50. The van der Waals surface area contributed by atoms with Crippen LogP contribution in [0.2, 0.25) is 0 Å². The molecule has 0 saturated carbocycles. The lowest BCUT2D eigenvalue weighted by Crippen LogP contribution is -2.25. The molecule has 0 amide bonds. The summed E-state index contributed by atoms with van der Waals surface area (Å²) in [5, 5.41) is 16.2. The molecular formula is C29H25N3O2.